The van der Waals surface area contributed by atoms with Gasteiger partial charge in [-0.05, 0) is 25.5 Å². The molecule has 0 fully saturated rings. The number of carbonyl (C=O) groups excluding carboxylic acids is 1. The van der Waals surface area contributed by atoms with Gasteiger partial charge in [0.05, 0.1) is 18.9 Å². The Morgan fingerprint density at radius 3 is 2.80 bits per heavy atom. The van der Waals surface area contributed by atoms with Gasteiger partial charge in [-0.1, -0.05) is 18.2 Å². The predicted octanol–water partition coefficient (Wildman–Crippen LogP) is 2.45. The standard InChI is InChI=1S/C12H14O3/c1-3-14-12(13)8-9-15-11-7-5-4-6-10(11)2/h4-9H,3H2,1-2H3/b9-8-. The van der Waals surface area contributed by atoms with Crippen molar-refractivity contribution in [3.05, 3.63) is 42.2 Å². The van der Waals surface area contributed by atoms with Crippen LogP contribution in [-0.2, 0) is 9.53 Å². The minimum atomic E-state index is -0.397. The van der Waals surface area contributed by atoms with Crippen molar-refractivity contribution in [3.63, 3.8) is 0 Å². The van der Waals surface area contributed by atoms with Gasteiger partial charge in [0.25, 0.3) is 0 Å². The maximum Gasteiger partial charge on any atom is 0.333 e. The number of para-hydroxylation sites is 1. The van der Waals surface area contributed by atoms with Crippen LogP contribution < -0.4 is 4.74 Å². The van der Waals surface area contributed by atoms with Crippen LogP contribution in [0.1, 0.15) is 12.5 Å². The fourth-order valence-electron chi connectivity index (χ4n) is 1.04. The van der Waals surface area contributed by atoms with E-state index in [0.717, 1.165) is 11.3 Å². The van der Waals surface area contributed by atoms with E-state index < -0.39 is 5.97 Å². The Kier molecular flexibility index (Phi) is 4.41. The quantitative estimate of drug-likeness (QED) is 0.431. The molecule has 0 radical (unpaired) electrons. The first-order valence-corrected chi connectivity index (χ1v) is 4.79. The van der Waals surface area contributed by atoms with Crippen LogP contribution in [0.2, 0.25) is 0 Å². The van der Waals surface area contributed by atoms with E-state index >= 15 is 0 Å². The van der Waals surface area contributed by atoms with Gasteiger partial charge in [-0.2, -0.15) is 0 Å². The van der Waals surface area contributed by atoms with Gasteiger partial charge in [0.2, 0.25) is 0 Å². The van der Waals surface area contributed by atoms with Crippen LogP contribution in [0.25, 0.3) is 0 Å². The second-order valence-corrected chi connectivity index (χ2v) is 2.94. The number of hydrogen-bond acceptors (Lipinski definition) is 3. The predicted molar refractivity (Wildman–Crippen MR) is 57.6 cm³/mol. The second kappa shape index (κ2) is 5.86. The Balaban J connectivity index is 2.50. The largest absolute Gasteiger partial charge is 0.464 e. The monoisotopic (exact) mass is 206 g/mol. The van der Waals surface area contributed by atoms with E-state index in [1.165, 1.54) is 12.3 Å². The van der Waals surface area contributed by atoms with Gasteiger partial charge in [0.1, 0.15) is 5.75 Å². The molecule has 3 nitrogen and oxygen atoms in total. The van der Waals surface area contributed by atoms with E-state index in [1.54, 1.807) is 6.92 Å². The molecule has 0 aliphatic carbocycles. The van der Waals surface area contributed by atoms with Gasteiger partial charge in [0, 0.05) is 0 Å². The van der Waals surface area contributed by atoms with Crippen LogP contribution in [0.5, 0.6) is 5.75 Å². The summed E-state index contributed by atoms with van der Waals surface area (Å²) in [6.45, 7) is 4.06. The van der Waals surface area contributed by atoms with Crippen LogP contribution >= 0.6 is 0 Å². The molecule has 0 saturated heterocycles. The number of carbonyl (C=O) groups is 1. The molecule has 80 valence electrons. The number of hydrogen-bond donors (Lipinski definition) is 0. The number of esters is 1. The Hall–Kier alpha value is -1.77. The van der Waals surface area contributed by atoms with Gasteiger partial charge >= 0.3 is 5.97 Å². The van der Waals surface area contributed by atoms with Crippen LogP contribution in [0, 0.1) is 6.92 Å². The smallest absolute Gasteiger partial charge is 0.333 e. The van der Waals surface area contributed by atoms with E-state index in [-0.39, 0.29) is 0 Å². The lowest BCUT2D eigenvalue weighted by molar-refractivity contribution is -0.137. The Labute approximate surface area is 89.3 Å². The number of aryl methyl sites for hydroxylation is 1. The molecule has 0 aromatic heterocycles. The highest BCUT2D eigenvalue weighted by Gasteiger charge is 1.96. The Bertz CT molecular complexity index is 356. The third kappa shape index (κ3) is 3.85. The van der Waals surface area contributed by atoms with Crippen molar-refractivity contribution in [1.82, 2.24) is 0 Å². The third-order valence-corrected chi connectivity index (χ3v) is 1.78. The summed E-state index contributed by atoms with van der Waals surface area (Å²) in [5.41, 5.74) is 1.02. The van der Waals surface area contributed by atoms with Crippen LogP contribution in [0.4, 0.5) is 0 Å². The molecule has 0 aliphatic rings. The number of ether oxygens (including phenoxy) is 2. The summed E-state index contributed by atoms with van der Waals surface area (Å²) in [5.74, 6) is 0.337. The molecule has 3 heteroatoms. The fraction of sp³-hybridized carbons (Fsp3) is 0.250. The molecular formula is C12H14O3. The first-order chi connectivity index (χ1) is 7.24. The van der Waals surface area contributed by atoms with Crippen molar-refractivity contribution in [2.75, 3.05) is 6.61 Å². The van der Waals surface area contributed by atoms with Crippen LogP contribution in [-0.4, -0.2) is 12.6 Å². The lowest BCUT2D eigenvalue weighted by Gasteiger charge is -2.02. The third-order valence-electron chi connectivity index (χ3n) is 1.78. The molecular weight excluding hydrogens is 192 g/mol. The van der Waals surface area contributed by atoms with E-state index in [1.807, 2.05) is 31.2 Å². The highest BCUT2D eigenvalue weighted by atomic mass is 16.5. The zero-order valence-electron chi connectivity index (χ0n) is 8.90. The molecule has 0 bridgehead atoms. The molecule has 1 rings (SSSR count). The van der Waals surface area contributed by atoms with Crippen molar-refractivity contribution in [1.29, 1.82) is 0 Å². The minimum absolute atomic E-state index is 0.369. The van der Waals surface area contributed by atoms with Crippen molar-refractivity contribution in [2.45, 2.75) is 13.8 Å². The van der Waals surface area contributed by atoms with E-state index in [4.69, 9.17) is 9.47 Å². The highest BCUT2D eigenvalue weighted by Crippen LogP contribution is 2.16. The molecule has 0 aliphatic heterocycles. The van der Waals surface area contributed by atoms with E-state index in [9.17, 15) is 4.79 Å². The normalized spacial score (nSPS) is 10.3. The average Bonchev–Trinajstić information content (AvgIpc) is 2.21. The van der Waals surface area contributed by atoms with E-state index in [0.29, 0.717) is 6.61 Å². The van der Waals surface area contributed by atoms with Crippen molar-refractivity contribution < 1.29 is 14.3 Å². The summed E-state index contributed by atoms with van der Waals surface area (Å²) in [7, 11) is 0. The molecule has 15 heavy (non-hydrogen) atoms. The van der Waals surface area contributed by atoms with Gasteiger partial charge in [-0.15, -0.1) is 0 Å². The number of rotatable bonds is 4. The summed E-state index contributed by atoms with van der Waals surface area (Å²) in [6.07, 6.45) is 2.59. The molecule has 0 spiro atoms. The van der Waals surface area contributed by atoms with Gasteiger partial charge in [-0.25, -0.2) is 4.79 Å². The zero-order chi connectivity index (χ0) is 11.1. The Morgan fingerprint density at radius 2 is 2.13 bits per heavy atom. The lowest BCUT2D eigenvalue weighted by Crippen LogP contribution is -1.99. The van der Waals surface area contributed by atoms with Crippen molar-refractivity contribution >= 4 is 5.97 Å². The number of benzene rings is 1. The Morgan fingerprint density at radius 1 is 1.40 bits per heavy atom. The SMILES string of the molecule is CCOC(=O)/C=C\Oc1ccccc1C. The first-order valence-electron chi connectivity index (χ1n) is 4.79. The molecule has 0 heterocycles. The van der Waals surface area contributed by atoms with E-state index in [2.05, 4.69) is 0 Å². The molecule has 0 saturated carbocycles. The topological polar surface area (TPSA) is 35.5 Å². The molecule has 1 aromatic rings. The van der Waals surface area contributed by atoms with Gasteiger partial charge < -0.3 is 9.47 Å². The fourth-order valence-corrected chi connectivity index (χ4v) is 1.04. The summed E-state index contributed by atoms with van der Waals surface area (Å²) in [6, 6.07) is 7.58. The summed E-state index contributed by atoms with van der Waals surface area (Å²) >= 11 is 0. The van der Waals surface area contributed by atoms with Crippen LogP contribution in [0.3, 0.4) is 0 Å². The second-order valence-electron chi connectivity index (χ2n) is 2.94. The molecule has 1 aromatic carbocycles. The average molecular weight is 206 g/mol. The zero-order valence-corrected chi connectivity index (χ0v) is 8.90. The maximum absolute atomic E-state index is 10.9. The highest BCUT2D eigenvalue weighted by molar-refractivity contribution is 5.81. The maximum atomic E-state index is 10.9. The van der Waals surface area contributed by atoms with Gasteiger partial charge in [0.15, 0.2) is 0 Å². The first kappa shape index (κ1) is 11.3. The summed E-state index contributed by atoms with van der Waals surface area (Å²) in [5, 5.41) is 0. The minimum Gasteiger partial charge on any atom is -0.464 e. The summed E-state index contributed by atoms with van der Waals surface area (Å²) < 4.78 is 9.98. The molecule has 0 amide bonds. The van der Waals surface area contributed by atoms with Crippen LogP contribution in [0.15, 0.2) is 36.6 Å². The molecule has 0 atom stereocenters. The van der Waals surface area contributed by atoms with Gasteiger partial charge in [-0.3, -0.25) is 0 Å². The lowest BCUT2D eigenvalue weighted by atomic mass is 10.2. The molecule has 0 unspecified atom stereocenters. The molecule has 0 N–H and O–H groups in total. The van der Waals surface area contributed by atoms with Crippen molar-refractivity contribution in [2.24, 2.45) is 0 Å². The summed E-state index contributed by atoms with van der Waals surface area (Å²) in [4.78, 5) is 10.9. The van der Waals surface area contributed by atoms with Crippen molar-refractivity contribution in [3.8, 4) is 5.75 Å².